The Hall–Kier alpha value is -3.11. The largest absolute Gasteiger partial charge is 0.419 e. The van der Waals surface area contributed by atoms with Gasteiger partial charge in [-0.2, -0.15) is 0 Å². The summed E-state index contributed by atoms with van der Waals surface area (Å²) < 4.78 is 5.69. The lowest BCUT2D eigenvalue weighted by Crippen LogP contribution is -2.48. The van der Waals surface area contributed by atoms with Gasteiger partial charge in [0.1, 0.15) is 0 Å². The van der Waals surface area contributed by atoms with Crippen molar-refractivity contribution < 1.29 is 14.1 Å². The molecule has 0 aliphatic carbocycles. The van der Waals surface area contributed by atoms with Crippen LogP contribution in [0.25, 0.3) is 11.5 Å². The zero-order valence-electron chi connectivity index (χ0n) is 14.9. The fourth-order valence-electron chi connectivity index (χ4n) is 3.02. The molecule has 3 heterocycles. The first-order chi connectivity index (χ1) is 13.6. The topological polar surface area (TPSA) is 106 Å². The van der Waals surface area contributed by atoms with E-state index in [0.717, 1.165) is 18.0 Å². The molecule has 1 aliphatic heterocycles. The average molecular weight is 399 g/mol. The summed E-state index contributed by atoms with van der Waals surface area (Å²) in [7, 11) is 0. The van der Waals surface area contributed by atoms with Crippen molar-refractivity contribution >= 4 is 22.9 Å². The third kappa shape index (κ3) is 3.92. The fraction of sp³-hybridized carbons (Fsp3) is 0.278. The number of piperazine rings is 1. The number of aromatic nitrogens is 2. The van der Waals surface area contributed by atoms with Crippen molar-refractivity contribution in [2.24, 2.45) is 0 Å². The van der Waals surface area contributed by atoms with Crippen LogP contribution in [0.1, 0.15) is 15.6 Å². The number of rotatable bonds is 5. The van der Waals surface area contributed by atoms with Crippen molar-refractivity contribution in [3.05, 3.63) is 62.7 Å². The van der Waals surface area contributed by atoms with Gasteiger partial charge in [0, 0.05) is 43.9 Å². The van der Waals surface area contributed by atoms with Crippen LogP contribution in [0, 0.1) is 10.1 Å². The Labute approximate surface area is 164 Å². The van der Waals surface area contributed by atoms with Crippen molar-refractivity contribution in [2.45, 2.75) is 6.54 Å². The number of non-ortho nitro benzene ring substituents is 1. The molecule has 1 aromatic carbocycles. The number of nitrogens with zero attached hydrogens (tertiary/aromatic N) is 5. The minimum absolute atomic E-state index is 0.0125. The number of nitro groups is 1. The van der Waals surface area contributed by atoms with Crippen LogP contribution >= 0.6 is 11.3 Å². The molecule has 0 atom stereocenters. The molecular formula is C18H17N5O4S. The molecule has 0 bridgehead atoms. The maximum atomic E-state index is 12.4. The number of carbonyl (C=O) groups excluding carboxylic acids is 1. The average Bonchev–Trinajstić information content (AvgIpc) is 3.40. The van der Waals surface area contributed by atoms with Crippen molar-refractivity contribution in [1.29, 1.82) is 0 Å². The van der Waals surface area contributed by atoms with E-state index in [4.69, 9.17) is 4.42 Å². The van der Waals surface area contributed by atoms with Crippen molar-refractivity contribution in [3.63, 3.8) is 0 Å². The van der Waals surface area contributed by atoms with Gasteiger partial charge in [-0.1, -0.05) is 6.07 Å². The monoisotopic (exact) mass is 399 g/mol. The molecule has 3 aromatic rings. The molecule has 1 saturated heterocycles. The number of nitro benzene ring substituents is 1. The lowest BCUT2D eigenvalue weighted by molar-refractivity contribution is -0.384. The highest BCUT2D eigenvalue weighted by molar-refractivity contribution is 7.12. The van der Waals surface area contributed by atoms with E-state index in [1.807, 2.05) is 22.4 Å². The third-order valence-electron chi connectivity index (χ3n) is 4.54. The van der Waals surface area contributed by atoms with Gasteiger partial charge in [-0.15, -0.1) is 21.5 Å². The normalized spacial score (nSPS) is 14.9. The van der Waals surface area contributed by atoms with Gasteiger partial charge in [-0.25, -0.2) is 0 Å². The van der Waals surface area contributed by atoms with Crippen LogP contribution in [-0.2, 0) is 6.54 Å². The molecule has 144 valence electrons. The zero-order valence-corrected chi connectivity index (χ0v) is 15.7. The van der Waals surface area contributed by atoms with Gasteiger partial charge in [0.05, 0.1) is 16.3 Å². The Morgan fingerprint density at radius 2 is 1.89 bits per heavy atom. The SMILES string of the molecule is O=C(c1cccs1)N1CCN(Cc2nnc(-c3ccc([N+](=O)[O-])cc3)o2)CC1. The summed E-state index contributed by atoms with van der Waals surface area (Å²) in [5, 5.41) is 20.7. The number of benzene rings is 1. The molecule has 0 N–H and O–H groups in total. The predicted molar refractivity (Wildman–Crippen MR) is 102 cm³/mol. The standard InChI is InChI=1S/C18H17N5O4S/c24-18(15-2-1-11-28-15)22-9-7-21(8-10-22)12-16-19-20-17(27-16)13-3-5-14(6-4-13)23(25)26/h1-6,11H,7-10,12H2. The first kappa shape index (κ1) is 18.3. The van der Waals surface area contributed by atoms with E-state index >= 15 is 0 Å². The van der Waals surface area contributed by atoms with E-state index in [9.17, 15) is 14.9 Å². The van der Waals surface area contributed by atoms with Gasteiger partial charge in [0.25, 0.3) is 11.6 Å². The maximum Gasteiger partial charge on any atom is 0.269 e. The molecule has 9 nitrogen and oxygen atoms in total. The lowest BCUT2D eigenvalue weighted by atomic mass is 10.2. The fourth-order valence-corrected chi connectivity index (χ4v) is 3.71. The molecule has 0 radical (unpaired) electrons. The maximum absolute atomic E-state index is 12.4. The Morgan fingerprint density at radius 3 is 2.54 bits per heavy atom. The molecule has 10 heteroatoms. The Bertz CT molecular complexity index is 962. The van der Waals surface area contributed by atoms with Crippen LogP contribution in [-0.4, -0.2) is 57.0 Å². The molecule has 1 amide bonds. The second-order valence-electron chi connectivity index (χ2n) is 6.35. The van der Waals surface area contributed by atoms with Gasteiger partial charge in [-0.05, 0) is 23.6 Å². The molecule has 4 rings (SSSR count). The van der Waals surface area contributed by atoms with Crippen LogP contribution in [0.3, 0.4) is 0 Å². The van der Waals surface area contributed by atoms with E-state index in [0.29, 0.717) is 37.0 Å². The second kappa shape index (κ2) is 7.87. The minimum Gasteiger partial charge on any atom is -0.419 e. The highest BCUT2D eigenvalue weighted by Gasteiger charge is 2.24. The lowest BCUT2D eigenvalue weighted by Gasteiger charge is -2.33. The molecule has 28 heavy (non-hydrogen) atoms. The first-order valence-electron chi connectivity index (χ1n) is 8.72. The molecule has 0 spiro atoms. The molecular weight excluding hydrogens is 382 g/mol. The number of amides is 1. The summed E-state index contributed by atoms with van der Waals surface area (Å²) in [6.07, 6.45) is 0. The van der Waals surface area contributed by atoms with Gasteiger partial charge in [0.2, 0.25) is 11.8 Å². The molecule has 1 aliphatic rings. The van der Waals surface area contributed by atoms with Crippen molar-refractivity contribution in [1.82, 2.24) is 20.0 Å². The quantitative estimate of drug-likeness (QED) is 0.480. The molecule has 2 aromatic heterocycles. The number of carbonyl (C=O) groups is 1. The number of hydrogen-bond acceptors (Lipinski definition) is 8. The Balaban J connectivity index is 1.33. The molecule has 1 fully saturated rings. The van der Waals surface area contributed by atoms with Gasteiger partial charge in [0.15, 0.2) is 0 Å². The van der Waals surface area contributed by atoms with Crippen LogP contribution in [0.15, 0.2) is 46.2 Å². The third-order valence-corrected chi connectivity index (χ3v) is 5.40. The number of thiophene rings is 1. The van der Waals surface area contributed by atoms with E-state index in [1.54, 1.807) is 12.1 Å². The van der Waals surface area contributed by atoms with Gasteiger partial charge < -0.3 is 9.32 Å². The van der Waals surface area contributed by atoms with Crippen LogP contribution < -0.4 is 0 Å². The van der Waals surface area contributed by atoms with Crippen LogP contribution in [0.5, 0.6) is 0 Å². The number of hydrogen-bond donors (Lipinski definition) is 0. The Morgan fingerprint density at radius 1 is 1.14 bits per heavy atom. The molecule has 0 saturated carbocycles. The van der Waals surface area contributed by atoms with Crippen LogP contribution in [0.4, 0.5) is 5.69 Å². The van der Waals surface area contributed by atoms with E-state index in [2.05, 4.69) is 15.1 Å². The zero-order chi connectivity index (χ0) is 19.5. The van der Waals surface area contributed by atoms with Crippen molar-refractivity contribution in [3.8, 4) is 11.5 Å². The first-order valence-corrected chi connectivity index (χ1v) is 9.60. The van der Waals surface area contributed by atoms with E-state index in [1.165, 1.54) is 23.5 Å². The van der Waals surface area contributed by atoms with E-state index < -0.39 is 4.92 Å². The predicted octanol–water partition coefficient (Wildman–Crippen LogP) is 2.66. The summed E-state index contributed by atoms with van der Waals surface area (Å²) in [5.74, 6) is 0.885. The van der Waals surface area contributed by atoms with E-state index in [-0.39, 0.29) is 11.6 Å². The smallest absolute Gasteiger partial charge is 0.269 e. The Kier molecular flexibility index (Phi) is 5.13. The summed E-state index contributed by atoms with van der Waals surface area (Å²) in [6.45, 7) is 3.26. The summed E-state index contributed by atoms with van der Waals surface area (Å²) >= 11 is 1.46. The summed E-state index contributed by atoms with van der Waals surface area (Å²) in [4.78, 5) is 27.4. The van der Waals surface area contributed by atoms with Crippen molar-refractivity contribution in [2.75, 3.05) is 26.2 Å². The molecule has 0 unspecified atom stereocenters. The summed E-state index contributed by atoms with van der Waals surface area (Å²) in [6, 6.07) is 9.71. The highest BCUT2D eigenvalue weighted by Crippen LogP contribution is 2.22. The second-order valence-corrected chi connectivity index (χ2v) is 7.30. The highest BCUT2D eigenvalue weighted by atomic mass is 32.1. The van der Waals surface area contributed by atoms with Gasteiger partial charge in [-0.3, -0.25) is 19.8 Å². The van der Waals surface area contributed by atoms with Gasteiger partial charge >= 0.3 is 0 Å². The minimum atomic E-state index is -0.453. The summed E-state index contributed by atoms with van der Waals surface area (Å²) in [5.41, 5.74) is 0.647. The van der Waals surface area contributed by atoms with Crippen LogP contribution in [0.2, 0.25) is 0 Å².